The third-order valence-corrected chi connectivity index (χ3v) is 2.28. The van der Waals surface area contributed by atoms with Crippen LogP contribution in [0.3, 0.4) is 0 Å². The fraction of sp³-hybridized carbons (Fsp3) is 0.417. The Morgan fingerprint density at radius 1 is 1.37 bits per heavy atom. The average molecular weight is 278 g/mol. The Labute approximate surface area is 107 Å². The molecule has 0 bridgehead atoms. The molecule has 0 unspecified atom stereocenters. The molecule has 0 aliphatic carbocycles. The molecule has 0 aliphatic rings. The van der Waals surface area contributed by atoms with Gasteiger partial charge in [-0.05, 0) is 18.6 Å². The lowest BCUT2D eigenvalue weighted by molar-refractivity contribution is -0.136. The second-order valence-corrected chi connectivity index (χ2v) is 3.71. The molecule has 19 heavy (non-hydrogen) atoms. The molecule has 0 atom stereocenters. The van der Waals surface area contributed by atoms with Gasteiger partial charge in [0.25, 0.3) is 0 Å². The molecular formula is C12H13F3O4. The smallest absolute Gasteiger partial charge is 0.389 e. The maximum absolute atomic E-state index is 12.0. The summed E-state index contributed by atoms with van der Waals surface area (Å²) in [7, 11) is 1.32. The number of carboxylic acid groups (broad SMARTS) is 1. The topological polar surface area (TPSA) is 55.8 Å². The van der Waals surface area contributed by atoms with Crippen LogP contribution in [-0.2, 0) is 0 Å². The van der Waals surface area contributed by atoms with E-state index in [9.17, 15) is 18.0 Å². The van der Waals surface area contributed by atoms with E-state index in [0.29, 0.717) is 0 Å². The predicted octanol–water partition coefficient (Wildman–Crippen LogP) is 3.11. The molecule has 0 radical (unpaired) electrons. The number of ether oxygens (including phenoxy) is 2. The highest BCUT2D eigenvalue weighted by Crippen LogP contribution is 2.31. The minimum atomic E-state index is -4.25. The van der Waals surface area contributed by atoms with Gasteiger partial charge in [0.2, 0.25) is 0 Å². The summed E-state index contributed by atoms with van der Waals surface area (Å²) >= 11 is 0. The van der Waals surface area contributed by atoms with Crippen molar-refractivity contribution in [3.63, 3.8) is 0 Å². The molecule has 0 saturated carbocycles. The lowest BCUT2D eigenvalue weighted by atomic mass is 10.2. The Morgan fingerprint density at radius 3 is 2.58 bits per heavy atom. The van der Waals surface area contributed by atoms with Crippen LogP contribution >= 0.6 is 0 Å². The zero-order chi connectivity index (χ0) is 14.5. The summed E-state index contributed by atoms with van der Waals surface area (Å²) in [6.07, 6.45) is -5.48. The molecule has 1 aromatic carbocycles. The van der Waals surface area contributed by atoms with E-state index < -0.39 is 18.6 Å². The van der Waals surface area contributed by atoms with Crippen molar-refractivity contribution in [2.45, 2.75) is 19.0 Å². The van der Waals surface area contributed by atoms with E-state index in [0.717, 1.165) is 0 Å². The molecule has 0 fully saturated rings. The number of hydrogen-bond acceptors (Lipinski definition) is 3. The van der Waals surface area contributed by atoms with Crippen molar-refractivity contribution >= 4 is 5.97 Å². The first-order valence-corrected chi connectivity index (χ1v) is 5.45. The van der Waals surface area contributed by atoms with Crippen LogP contribution in [0.15, 0.2) is 18.2 Å². The number of benzene rings is 1. The number of alkyl halides is 3. The van der Waals surface area contributed by atoms with Crippen molar-refractivity contribution in [1.82, 2.24) is 0 Å². The molecule has 0 aromatic heterocycles. The molecule has 0 heterocycles. The number of para-hydroxylation sites is 1. The lowest BCUT2D eigenvalue weighted by Gasteiger charge is -2.13. The average Bonchev–Trinajstić information content (AvgIpc) is 2.33. The fourth-order valence-corrected chi connectivity index (χ4v) is 1.44. The minimum absolute atomic E-state index is 0.0559. The summed E-state index contributed by atoms with van der Waals surface area (Å²) in [5.41, 5.74) is -0.147. The van der Waals surface area contributed by atoms with Crippen LogP contribution in [0, 0.1) is 0 Å². The normalized spacial score (nSPS) is 11.2. The fourth-order valence-electron chi connectivity index (χ4n) is 1.44. The molecule has 1 N–H and O–H groups in total. The van der Waals surface area contributed by atoms with E-state index >= 15 is 0 Å². The highest BCUT2D eigenvalue weighted by atomic mass is 19.4. The Kier molecular flexibility index (Phi) is 5.02. The number of hydrogen-bond donors (Lipinski definition) is 1. The van der Waals surface area contributed by atoms with Gasteiger partial charge in [-0.3, -0.25) is 0 Å². The van der Waals surface area contributed by atoms with Gasteiger partial charge in [-0.15, -0.1) is 0 Å². The van der Waals surface area contributed by atoms with Crippen LogP contribution in [0.2, 0.25) is 0 Å². The van der Waals surface area contributed by atoms with Crippen LogP contribution in [0.25, 0.3) is 0 Å². The number of methoxy groups -OCH3 is 1. The van der Waals surface area contributed by atoms with Crippen LogP contribution in [0.4, 0.5) is 13.2 Å². The van der Waals surface area contributed by atoms with Crippen molar-refractivity contribution in [3.8, 4) is 11.5 Å². The number of carbonyl (C=O) groups is 1. The van der Waals surface area contributed by atoms with Crippen LogP contribution < -0.4 is 9.47 Å². The molecule has 106 valence electrons. The van der Waals surface area contributed by atoms with Gasteiger partial charge < -0.3 is 14.6 Å². The van der Waals surface area contributed by atoms with Gasteiger partial charge >= 0.3 is 12.1 Å². The molecule has 1 aromatic rings. The van der Waals surface area contributed by atoms with Crippen LogP contribution in [0.1, 0.15) is 23.2 Å². The van der Waals surface area contributed by atoms with Crippen molar-refractivity contribution in [2.75, 3.05) is 13.7 Å². The molecule has 0 amide bonds. The molecule has 7 heteroatoms. The monoisotopic (exact) mass is 278 g/mol. The van der Waals surface area contributed by atoms with Gasteiger partial charge in [-0.2, -0.15) is 13.2 Å². The molecule has 0 aliphatic heterocycles. The predicted molar refractivity (Wildman–Crippen MR) is 60.7 cm³/mol. The first kappa shape index (κ1) is 15.1. The van der Waals surface area contributed by atoms with E-state index in [4.69, 9.17) is 14.6 Å². The van der Waals surface area contributed by atoms with Gasteiger partial charge in [-0.1, -0.05) is 6.07 Å². The van der Waals surface area contributed by atoms with Crippen LogP contribution in [0.5, 0.6) is 11.5 Å². The summed E-state index contributed by atoms with van der Waals surface area (Å²) < 4.78 is 45.9. The largest absolute Gasteiger partial charge is 0.493 e. The van der Waals surface area contributed by atoms with E-state index in [2.05, 4.69) is 0 Å². The van der Waals surface area contributed by atoms with Gasteiger partial charge in [0.05, 0.1) is 13.7 Å². The van der Waals surface area contributed by atoms with E-state index in [1.165, 1.54) is 25.3 Å². The second-order valence-electron chi connectivity index (χ2n) is 3.71. The second kappa shape index (κ2) is 6.31. The van der Waals surface area contributed by atoms with Crippen LogP contribution in [-0.4, -0.2) is 31.0 Å². The molecule has 0 spiro atoms. The van der Waals surface area contributed by atoms with Gasteiger partial charge in [0.1, 0.15) is 5.56 Å². The van der Waals surface area contributed by atoms with Gasteiger partial charge in [0, 0.05) is 6.42 Å². The third kappa shape index (κ3) is 4.69. The Balaban J connectivity index is 2.73. The van der Waals surface area contributed by atoms with Gasteiger partial charge in [0.15, 0.2) is 11.5 Å². The van der Waals surface area contributed by atoms with Gasteiger partial charge in [-0.25, -0.2) is 4.79 Å². The summed E-state index contributed by atoms with van der Waals surface area (Å²) in [4.78, 5) is 11.0. The zero-order valence-corrected chi connectivity index (χ0v) is 10.2. The van der Waals surface area contributed by atoms with Crippen molar-refractivity contribution < 1.29 is 32.5 Å². The Morgan fingerprint density at radius 2 is 2.05 bits per heavy atom. The standard InChI is InChI=1S/C12H13F3O4/c1-18-9-5-2-4-8(11(16)17)10(9)19-7-3-6-12(13,14)15/h2,4-5H,3,6-7H2,1H3,(H,16,17). The Bertz CT molecular complexity index is 443. The number of rotatable bonds is 6. The third-order valence-electron chi connectivity index (χ3n) is 2.28. The zero-order valence-electron chi connectivity index (χ0n) is 10.2. The van der Waals surface area contributed by atoms with E-state index in [1.807, 2.05) is 0 Å². The summed E-state index contributed by atoms with van der Waals surface area (Å²) in [5, 5.41) is 8.96. The first-order valence-electron chi connectivity index (χ1n) is 5.45. The quantitative estimate of drug-likeness (QED) is 0.812. The SMILES string of the molecule is COc1cccc(C(=O)O)c1OCCCC(F)(F)F. The summed E-state index contributed by atoms with van der Waals surface area (Å²) in [5.74, 6) is -1.11. The minimum Gasteiger partial charge on any atom is -0.493 e. The van der Waals surface area contributed by atoms with Crippen molar-refractivity contribution in [3.05, 3.63) is 23.8 Å². The molecule has 0 saturated heterocycles. The molecular weight excluding hydrogens is 265 g/mol. The number of carboxylic acids is 1. The van der Waals surface area contributed by atoms with Crippen molar-refractivity contribution in [1.29, 1.82) is 0 Å². The van der Waals surface area contributed by atoms with Crippen molar-refractivity contribution in [2.24, 2.45) is 0 Å². The number of halogens is 3. The molecule has 1 rings (SSSR count). The highest BCUT2D eigenvalue weighted by Gasteiger charge is 2.26. The number of aromatic carboxylic acids is 1. The first-order chi connectivity index (χ1) is 8.85. The highest BCUT2D eigenvalue weighted by molar-refractivity contribution is 5.92. The lowest BCUT2D eigenvalue weighted by Crippen LogP contribution is -2.11. The van der Waals surface area contributed by atoms with E-state index in [-0.39, 0.29) is 30.1 Å². The maximum atomic E-state index is 12.0. The Hall–Kier alpha value is -1.92. The summed E-state index contributed by atoms with van der Waals surface area (Å²) in [6.45, 7) is -0.236. The van der Waals surface area contributed by atoms with E-state index in [1.54, 1.807) is 0 Å². The summed E-state index contributed by atoms with van der Waals surface area (Å²) in [6, 6.07) is 4.24. The molecule has 4 nitrogen and oxygen atoms in total. The maximum Gasteiger partial charge on any atom is 0.389 e.